The summed E-state index contributed by atoms with van der Waals surface area (Å²) in [6.07, 6.45) is 1.43. The maximum absolute atomic E-state index is 13.5. The first-order chi connectivity index (χ1) is 8.37. The number of halogens is 1. The molecule has 0 aliphatic heterocycles. The number of hydrazine groups is 1. The number of sulfone groups is 1. The van der Waals surface area contributed by atoms with Gasteiger partial charge >= 0.3 is 0 Å². The van der Waals surface area contributed by atoms with E-state index < -0.39 is 21.7 Å². The first-order valence-electron chi connectivity index (χ1n) is 5.34. The third-order valence-electron chi connectivity index (χ3n) is 2.56. The van der Waals surface area contributed by atoms with Crippen LogP contribution in [0.15, 0.2) is 18.2 Å². The monoisotopic (exact) mass is 276 g/mol. The van der Waals surface area contributed by atoms with Crippen molar-refractivity contribution in [1.82, 2.24) is 5.43 Å². The van der Waals surface area contributed by atoms with Crippen molar-refractivity contribution in [1.29, 1.82) is 0 Å². The Bertz CT molecular complexity index is 505. The highest BCUT2D eigenvalue weighted by Crippen LogP contribution is 2.23. The SMILES string of the molecule is COc1ccc(C(CCS(C)(=O)=O)NN)cc1F. The Balaban J connectivity index is 2.85. The molecule has 0 saturated carbocycles. The van der Waals surface area contributed by atoms with Gasteiger partial charge in [-0.3, -0.25) is 11.3 Å². The predicted molar refractivity (Wildman–Crippen MR) is 67.3 cm³/mol. The standard InChI is InChI=1S/C11H17FN2O3S/c1-17-11-4-3-8(7-9(11)12)10(14-13)5-6-18(2,15)16/h3-4,7,10,14H,5-6,13H2,1-2H3. The molecule has 1 aromatic carbocycles. The van der Waals surface area contributed by atoms with Gasteiger partial charge in [0.05, 0.1) is 12.9 Å². The lowest BCUT2D eigenvalue weighted by molar-refractivity contribution is 0.385. The van der Waals surface area contributed by atoms with Gasteiger partial charge in [0.25, 0.3) is 0 Å². The zero-order valence-corrected chi connectivity index (χ0v) is 11.1. The smallest absolute Gasteiger partial charge is 0.165 e. The summed E-state index contributed by atoms with van der Waals surface area (Å²) in [7, 11) is -1.70. The number of nitrogens with one attached hydrogen (secondary N) is 1. The molecule has 7 heteroatoms. The highest BCUT2D eigenvalue weighted by molar-refractivity contribution is 7.90. The maximum atomic E-state index is 13.5. The molecule has 0 spiro atoms. The van der Waals surface area contributed by atoms with Crippen molar-refractivity contribution in [2.24, 2.45) is 5.84 Å². The highest BCUT2D eigenvalue weighted by Gasteiger charge is 2.15. The number of ether oxygens (including phenoxy) is 1. The molecular weight excluding hydrogens is 259 g/mol. The second-order valence-electron chi connectivity index (χ2n) is 4.03. The van der Waals surface area contributed by atoms with Gasteiger partial charge in [-0.1, -0.05) is 6.07 Å². The van der Waals surface area contributed by atoms with E-state index in [1.165, 1.54) is 19.2 Å². The summed E-state index contributed by atoms with van der Waals surface area (Å²) in [5.74, 6) is 4.97. The molecule has 0 aliphatic rings. The van der Waals surface area contributed by atoms with Gasteiger partial charge in [-0.25, -0.2) is 12.8 Å². The molecule has 1 aromatic rings. The summed E-state index contributed by atoms with van der Waals surface area (Å²) in [6.45, 7) is 0. The molecule has 1 unspecified atom stereocenters. The lowest BCUT2D eigenvalue weighted by atomic mass is 10.0. The summed E-state index contributed by atoms with van der Waals surface area (Å²) in [6, 6.07) is 4.00. The molecule has 5 nitrogen and oxygen atoms in total. The quantitative estimate of drug-likeness (QED) is 0.592. The fourth-order valence-corrected chi connectivity index (χ4v) is 2.24. The Kier molecular flexibility index (Phi) is 5.06. The minimum atomic E-state index is -3.07. The van der Waals surface area contributed by atoms with E-state index in [1.807, 2.05) is 0 Å². The van der Waals surface area contributed by atoms with E-state index in [9.17, 15) is 12.8 Å². The van der Waals surface area contributed by atoms with E-state index in [0.717, 1.165) is 6.26 Å². The number of hydrogen-bond donors (Lipinski definition) is 2. The van der Waals surface area contributed by atoms with Crippen molar-refractivity contribution in [3.05, 3.63) is 29.6 Å². The molecule has 0 amide bonds. The largest absolute Gasteiger partial charge is 0.494 e. The van der Waals surface area contributed by atoms with Crippen molar-refractivity contribution in [3.8, 4) is 5.75 Å². The fraction of sp³-hybridized carbons (Fsp3) is 0.455. The minimum Gasteiger partial charge on any atom is -0.494 e. The molecule has 18 heavy (non-hydrogen) atoms. The highest BCUT2D eigenvalue weighted by atomic mass is 32.2. The van der Waals surface area contributed by atoms with Gasteiger partial charge in [0, 0.05) is 12.3 Å². The number of hydrogen-bond acceptors (Lipinski definition) is 5. The van der Waals surface area contributed by atoms with E-state index in [0.29, 0.717) is 5.56 Å². The summed E-state index contributed by atoms with van der Waals surface area (Å²) in [4.78, 5) is 0. The molecule has 0 bridgehead atoms. The summed E-state index contributed by atoms with van der Waals surface area (Å²) < 4.78 is 40.5. The number of nitrogens with two attached hydrogens (primary N) is 1. The van der Waals surface area contributed by atoms with Crippen LogP contribution >= 0.6 is 0 Å². The van der Waals surface area contributed by atoms with Crippen LogP contribution in [0.4, 0.5) is 4.39 Å². The number of benzene rings is 1. The molecule has 0 aliphatic carbocycles. The molecule has 0 heterocycles. The van der Waals surface area contributed by atoms with Crippen LogP contribution in [-0.4, -0.2) is 27.5 Å². The second-order valence-corrected chi connectivity index (χ2v) is 6.29. The lowest BCUT2D eigenvalue weighted by Gasteiger charge is -2.16. The molecule has 3 N–H and O–H groups in total. The van der Waals surface area contributed by atoms with Crippen LogP contribution in [0.3, 0.4) is 0 Å². The second kappa shape index (κ2) is 6.12. The van der Waals surface area contributed by atoms with Crippen LogP contribution in [0.5, 0.6) is 5.75 Å². The third kappa shape index (κ3) is 4.25. The average molecular weight is 276 g/mol. The van der Waals surface area contributed by atoms with E-state index >= 15 is 0 Å². The predicted octanol–water partition coefficient (Wildman–Crippen LogP) is 0.773. The van der Waals surface area contributed by atoms with Crippen molar-refractivity contribution < 1.29 is 17.5 Å². The molecule has 1 rings (SSSR count). The first-order valence-corrected chi connectivity index (χ1v) is 7.40. The summed E-state index contributed by atoms with van der Waals surface area (Å²) in [5.41, 5.74) is 3.07. The third-order valence-corrected chi connectivity index (χ3v) is 3.53. The van der Waals surface area contributed by atoms with Crippen LogP contribution in [0.25, 0.3) is 0 Å². The molecule has 0 fully saturated rings. The van der Waals surface area contributed by atoms with Gasteiger partial charge in [-0.15, -0.1) is 0 Å². The van der Waals surface area contributed by atoms with E-state index in [1.54, 1.807) is 6.07 Å². The molecule has 0 radical (unpaired) electrons. The van der Waals surface area contributed by atoms with Crippen LogP contribution in [-0.2, 0) is 9.84 Å². The zero-order chi connectivity index (χ0) is 13.8. The summed E-state index contributed by atoms with van der Waals surface area (Å²) >= 11 is 0. The van der Waals surface area contributed by atoms with Crippen LogP contribution in [0.2, 0.25) is 0 Å². The Morgan fingerprint density at radius 2 is 2.17 bits per heavy atom. The normalized spacial score (nSPS) is 13.3. The molecule has 0 aromatic heterocycles. The Hall–Kier alpha value is -1.18. The van der Waals surface area contributed by atoms with Gasteiger partial charge in [-0.05, 0) is 24.1 Å². The Labute approximate surface area is 106 Å². The van der Waals surface area contributed by atoms with Gasteiger partial charge in [0.15, 0.2) is 11.6 Å². The van der Waals surface area contributed by atoms with Gasteiger partial charge in [-0.2, -0.15) is 0 Å². The molecule has 1 atom stereocenters. The van der Waals surface area contributed by atoms with E-state index in [-0.39, 0.29) is 17.9 Å². The van der Waals surface area contributed by atoms with Crippen molar-refractivity contribution in [2.45, 2.75) is 12.5 Å². The molecule has 102 valence electrons. The van der Waals surface area contributed by atoms with Crippen LogP contribution in [0.1, 0.15) is 18.0 Å². The zero-order valence-electron chi connectivity index (χ0n) is 10.3. The molecule has 0 saturated heterocycles. The fourth-order valence-electron chi connectivity index (χ4n) is 1.58. The number of methoxy groups -OCH3 is 1. The van der Waals surface area contributed by atoms with Gasteiger partial charge in [0.1, 0.15) is 9.84 Å². The number of rotatable bonds is 6. The maximum Gasteiger partial charge on any atom is 0.165 e. The minimum absolute atomic E-state index is 0.0183. The van der Waals surface area contributed by atoms with Crippen molar-refractivity contribution in [3.63, 3.8) is 0 Å². The first kappa shape index (κ1) is 14.9. The summed E-state index contributed by atoms with van der Waals surface area (Å²) in [5, 5.41) is 0. The van der Waals surface area contributed by atoms with Crippen molar-refractivity contribution in [2.75, 3.05) is 19.1 Å². The topological polar surface area (TPSA) is 81.4 Å². The lowest BCUT2D eigenvalue weighted by Crippen LogP contribution is -2.29. The van der Waals surface area contributed by atoms with Crippen LogP contribution < -0.4 is 16.0 Å². The van der Waals surface area contributed by atoms with E-state index in [2.05, 4.69) is 5.43 Å². The Morgan fingerprint density at radius 1 is 1.50 bits per heavy atom. The molecular formula is C11H17FN2O3S. The van der Waals surface area contributed by atoms with Gasteiger partial charge in [0.2, 0.25) is 0 Å². The van der Waals surface area contributed by atoms with Gasteiger partial charge < -0.3 is 4.74 Å². The van der Waals surface area contributed by atoms with Crippen LogP contribution in [0, 0.1) is 5.82 Å². The average Bonchev–Trinajstić information content (AvgIpc) is 2.28. The Morgan fingerprint density at radius 3 is 2.61 bits per heavy atom. The van der Waals surface area contributed by atoms with E-state index in [4.69, 9.17) is 10.6 Å². The van der Waals surface area contributed by atoms with Crippen molar-refractivity contribution >= 4 is 9.84 Å².